The second-order valence-electron chi connectivity index (χ2n) is 11.5. The Morgan fingerprint density at radius 3 is 1.73 bits per heavy atom. The summed E-state index contributed by atoms with van der Waals surface area (Å²) in [5, 5.41) is 3.36. The van der Waals surface area contributed by atoms with E-state index in [1.54, 1.807) is 0 Å². The lowest BCUT2D eigenvalue weighted by Gasteiger charge is -2.42. The third-order valence-corrected chi connectivity index (χ3v) is 9.44. The van der Waals surface area contributed by atoms with E-state index in [0.717, 1.165) is 51.0 Å². The summed E-state index contributed by atoms with van der Waals surface area (Å²) in [5.74, 6) is 1.28. The zero-order valence-electron chi connectivity index (χ0n) is 27.5. The number of carbonyl (C=O) groups excluding carboxylic acids is 2. The minimum Gasteiger partial charge on any atom is -0.494 e. The summed E-state index contributed by atoms with van der Waals surface area (Å²) >= 11 is 1.09. The van der Waals surface area contributed by atoms with Crippen LogP contribution in [0.25, 0.3) is 0 Å². The van der Waals surface area contributed by atoms with Crippen molar-refractivity contribution in [3.63, 3.8) is 0 Å². The molecule has 0 radical (unpaired) electrons. The molecule has 1 fully saturated rings. The minimum absolute atomic E-state index is 0.217. The normalized spacial score (nSPS) is 14.9. The van der Waals surface area contributed by atoms with E-state index >= 15 is 0 Å². The van der Waals surface area contributed by atoms with Gasteiger partial charge in [0.05, 0.1) is 17.6 Å². The third kappa shape index (κ3) is 7.39. The molecule has 0 saturated carbocycles. The van der Waals surface area contributed by atoms with Crippen molar-refractivity contribution in [3.05, 3.63) is 167 Å². The van der Waals surface area contributed by atoms with Gasteiger partial charge in [-0.1, -0.05) is 120 Å². The summed E-state index contributed by atoms with van der Waals surface area (Å²) in [6, 6.07) is 44.7. The molecule has 49 heavy (non-hydrogen) atoms. The molecule has 0 N–H and O–H groups in total. The highest BCUT2D eigenvalue weighted by molar-refractivity contribution is 8.15. The van der Waals surface area contributed by atoms with Crippen LogP contribution in [0.15, 0.2) is 145 Å². The highest BCUT2D eigenvalue weighted by atomic mass is 32.2. The number of imide groups is 1. The number of amides is 2. The van der Waals surface area contributed by atoms with Crippen LogP contribution in [0.1, 0.15) is 41.7 Å². The second-order valence-corrected chi connectivity index (χ2v) is 12.7. The fraction of sp³-hybridized carbons (Fsp3) is 0.195. The van der Waals surface area contributed by atoms with E-state index in [4.69, 9.17) is 14.3 Å². The molecule has 6 rings (SSSR count). The molecule has 5 aromatic carbocycles. The van der Waals surface area contributed by atoms with Crippen molar-refractivity contribution in [1.29, 1.82) is 0 Å². The third-order valence-electron chi connectivity index (χ3n) is 8.40. The Morgan fingerprint density at radius 2 is 1.20 bits per heavy atom. The van der Waals surface area contributed by atoms with E-state index in [1.807, 2.05) is 153 Å². The van der Waals surface area contributed by atoms with Crippen LogP contribution >= 0.6 is 11.8 Å². The van der Waals surface area contributed by atoms with E-state index in [0.29, 0.717) is 25.4 Å². The van der Waals surface area contributed by atoms with Crippen molar-refractivity contribution in [2.45, 2.75) is 31.1 Å². The van der Waals surface area contributed by atoms with Gasteiger partial charge < -0.3 is 14.3 Å². The van der Waals surface area contributed by atoms with Gasteiger partial charge in [-0.15, -0.1) is 0 Å². The van der Waals surface area contributed by atoms with Crippen LogP contribution in [0.5, 0.6) is 11.5 Å². The Kier molecular flexibility index (Phi) is 10.8. The number of rotatable bonds is 14. The maximum atomic E-state index is 14.4. The van der Waals surface area contributed by atoms with Gasteiger partial charge in [-0.3, -0.25) is 14.5 Å². The van der Waals surface area contributed by atoms with Crippen molar-refractivity contribution in [3.8, 4) is 11.5 Å². The molecule has 1 unspecified atom stereocenters. The van der Waals surface area contributed by atoms with Gasteiger partial charge in [-0.25, -0.2) is 0 Å². The molecular formula is C41H38N2O5S. The monoisotopic (exact) mass is 670 g/mol. The number of hydrogen-bond acceptors (Lipinski definition) is 7. The SMILES string of the molecule is CCOc1ccc(C(C)=NOCCOc2ccc(CC3SC(=O)N(C(c4ccccc4)(c4ccccc4)c4ccccc4)C3=O)cc2)cc1. The zero-order valence-corrected chi connectivity index (χ0v) is 28.3. The molecule has 8 heteroatoms. The molecule has 0 bridgehead atoms. The number of benzene rings is 5. The maximum absolute atomic E-state index is 14.4. The molecule has 248 valence electrons. The van der Waals surface area contributed by atoms with Crippen molar-refractivity contribution >= 4 is 28.6 Å². The Bertz CT molecular complexity index is 1770. The quantitative estimate of drug-likeness (QED) is 0.0511. The van der Waals surface area contributed by atoms with Gasteiger partial charge in [-0.05, 0) is 84.5 Å². The number of nitrogens with zero attached hydrogens (tertiary/aromatic N) is 2. The lowest BCUT2D eigenvalue weighted by atomic mass is 9.75. The molecule has 1 saturated heterocycles. The molecule has 7 nitrogen and oxygen atoms in total. The standard InChI is InChI=1S/C41H38N2O5S/c1-3-46-36-25-21-32(22-26-36)30(2)42-48-28-27-47-37-23-19-31(20-24-37)29-38-39(44)43(40(45)49-38)41(33-13-7-4-8-14-33,34-15-9-5-10-16-34)35-17-11-6-12-18-35/h4-26,38H,3,27-29H2,1-2H3. The molecule has 1 aliphatic heterocycles. The first-order chi connectivity index (χ1) is 24.0. The fourth-order valence-electron chi connectivity index (χ4n) is 6.10. The minimum atomic E-state index is -1.13. The van der Waals surface area contributed by atoms with Crippen molar-refractivity contribution in [2.24, 2.45) is 5.16 Å². The Hall–Kier alpha value is -5.34. The van der Waals surface area contributed by atoms with Crippen LogP contribution in [0, 0.1) is 0 Å². The number of thioether (sulfide) groups is 1. The van der Waals surface area contributed by atoms with Gasteiger partial charge in [0.2, 0.25) is 5.91 Å². The van der Waals surface area contributed by atoms with Gasteiger partial charge in [0.25, 0.3) is 5.24 Å². The van der Waals surface area contributed by atoms with E-state index in [-0.39, 0.29) is 17.8 Å². The molecule has 1 aliphatic rings. The second kappa shape index (κ2) is 15.7. The van der Waals surface area contributed by atoms with Crippen LogP contribution < -0.4 is 9.47 Å². The van der Waals surface area contributed by atoms with E-state index in [1.165, 1.54) is 4.90 Å². The van der Waals surface area contributed by atoms with E-state index in [9.17, 15) is 9.59 Å². The molecular weight excluding hydrogens is 633 g/mol. The van der Waals surface area contributed by atoms with Gasteiger partial charge in [-0.2, -0.15) is 0 Å². The van der Waals surface area contributed by atoms with E-state index < -0.39 is 10.8 Å². The molecule has 0 spiro atoms. The largest absolute Gasteiger partial charge is 0.494 e. The fourth-order valence-corrected chi connectivity index (χ4v) is 7.16. The predicted molar refractivity (Wildman–Crippen MR) is 194 cm³/mol. The maximum Gasteiger partial charge on any atom is 0.290 e. The van der Waals surface area contributed by atoms with Crippen LogP contribution in [-0.4, -0.2) is 46.8 Å². The van der Waals surface area contributed by atoms with Gasteiger partial charge in [0.1, 0.15) is 23.6 Å². The van der Waals surface area contributed by atoms with Crippen molar-refractivity contribution in [1.82, 2.24) is 4.90 Å². The smallest absolute Gasteiger partial charge is 0.290 e. The average molecular weight is 671 g/mol. The Morgan fingerprint density at radius 1 is 0.694 bits per heavy atom. The summed E-state index contributed by atoms with van der Waals surface area (Å²) in [5.41, 5.74) is 4.06. The van der Waals surface area contributed by atoms with Crippen LogP contribution in [0.4, 0.5) is 4.79 Å². The summed E-state index contributed by atoms with van der Waals surface area (Å²) in [4.78, 5) is 35.3. The van der Waals surface area contributed by atoms with Gasteiger partial charge >= 0.3 is 0 Å². The highest BCUT2D eigenvalue weighted by Gasteiger charge is 2.53. The summed E-state index contributed by atoms with van der Waals surface area (Å²) in [6.07, 6.45) is 0.406. The molecule has 1 heterocycles. The van der Waals surface area contributed by atoms with Crippen LogP contribution in [0.2, 0.25) is 0 Å². The number of oxime groups is 1. The Labute approximate surface area is 291 Å². The lowest BCUT2D eigenvalue weighted by Crippen LogP contribution is -2.51. The molecule has 2 amide bonds. The lowest BCUT2D eigenvalue weighted by molar-refractivity contribution is -0.129. The summed E-state index contributed by atoms with van der Waals surface area (Å²) in [6.45, 7) is 5.07. The van der Waals surface area contributed by atoms with Crippen LogP contribution in [0.3, 0.4) is 0 Å². The van der Waals surface area contributed by atoms with E-state index in [2.05, 4.69) is 5.16 Å². The van der Waals surface area contributed by atoms with Crippen molar-refractivity contribution < 1.29 is 23.9 Å². The molecule has 0 aromatic heterocycles. The first-order valence-corrected chi connectivity index (χ1v) is 17.2. The predicted octanol–water partition coefficient (Wildman–Crippen LogP) is 8.50. The summed E-state index contributed by atoms with van der Waals surface area (Å²) < 4.78 is 11.4. The topological polar surface area (TPSA) is 77.4 Å². The van der Waals surface area contributed by atoms with Gasteiger partial charge in [0.15, 0.2) is 6.61 Å². The number of carbonyl (C=O) groups is 2. The molecule has 5 aromatic rings. The number of hydrogen-bond donors (Lipinski definition) is 0. The average Bonchev–Trinajstić information content (AvgIpc) is 3.42. The van der Waals surface area contributed by atoms with Crippen LogP contribution in [-0.2, 0) is 21.6 Å². The molecule has 1 atom stereocenters. The van der Waals surface area contributed by atoms with Crippen molar-refractivity contribution in [2.75, 3.05) is 19.8 Å². The summed E-state index contributed by atoms with van der Waals surface area (Å²) in [7, 11) is 0. The molecule has 0 aliphatic carbocycles. The van der Waals surface area contributed by atoms with Gasteiger partial charge in [0, 0.05) is 0 Å². The first kappa shape index (κ1) is 33.6. The highest BCUT2D eigenvalue weighted by Crippen LogP contribution is 2.47. The Balaban J connectivity index is 1.12. The number of ether oxygens (including phenoxy) is 2. The zero-order chi connectivity index (χ0) is 34.1. The first-order valence-electron chi connectivity index (χ1n) is 16.3.